The predicted molar refractivity (Wildman–Crippen MR) is 110 cm³/mol. The van der Waals surface area contributed by atoms with Crippen molar-refractivity contribution < 1.29 is 31.9 Å². The third-order valence-corrected chi connectivity index (χ3v) is 7.48. The fraction of sp³-hybridized carbons (Fsp3) is 0.652. The monoisotopic (exact) mass is 469 g/mol. The zero-order valence-electron chi connectivity index (χ0n) is 18.2. The van der Waals surface area contributed by atoms with Crippen molar-refractivity contribution in [3.05, 3.63) is 35.1 Å². The maximum absolute atomic E-state index is 14.2. The quantitative estimate of drug-likeness (QED) is 0.625. The lowest BCUT2D eigenvalue weighted by atomic mass is 9.79. The van der Waals surface area contributed by atoms with Gasteiger partial charge in [-0.2, -0.15) is 13.2 Å². The van der Waals surface area contributed by atoms with Crippen LogP contribution in [-0.2, 0) is 22.3 Å². The molecule has 0 aliphatic carbocycles. The van der Waals surface area contributed by atoms with E-state index in [1.807, 2.05) is 14.7 Å². The molecule has 1 aromatic rings. The van der Waals surface area contributed by atoms with Gasteiger partial charge < -0.3 is 14.5 Å². The van der Waals surface area contributed by atoms with Gasteiger partial charge >= 0.3 is 12.2 Å². The fourth-order valence-corrected chi connectivity index (χ4v) is 5.81. The SMILES string of the molecule is O=C1CO[C@H]2CCN(C(=O)N3CCC4(CN(Cc5ccc(C(F)(F)F)cc5F)C4)C3)C[C@H]2C1. The Labute approximate surface area is 189 Å². The van der Waals surface area contributed by atoms with E-state index >= 15 is 0 Å². The first-order valence-corrected chi connectivity index (χ1v) is 11.4. The van der Waals surface area contributed by atoms with Crippen LogP contribution in [0.5, 0.6) is 0 Å². The Balaban J connectivity index is 1.13. The second-order valence-corrected chi connectivity index (χ2v) is 9.99. The van der Waals surface area contributed by atoms with Crippen LogP contribution in [0.25, 0.3) is 0 Å². The summed E-state index contributed by atoms with van der Waals surface area (Å²) in [6.07, 6.45) is -2.44. The third-order valence-electron chi connectivity index (χ3n) is 7.48. The van der Waals surface area contributed by atoms with Crippen LogP contribution in [-0.4, -0.2) is 78.5 Å². The van der Waals surface area contributed by atoms with Gasteiger partial charge in [0.1, 0.15) is 12.4 Å². The number of amides is 2. The molecule has 4 saturated heterocycles. The van der Waals surface area contributed by atoms with Crippen LogP contribution < -0.4 is 0 Å². The summed E-state index contributed by atoms with van der Waals surface area (Å²) in [7, 11) is 0. The van der Waals surface area contributed by atoms with E-state index in [0.717, 1.165) is 18.9 Å². The number of halogens is 4. The topological polar surface area (TPSA) is 53.1 Å². The van der Waals surface area contributed by atoms with Gasteiger partial charge in [0, 0.05) is 69.1 Å². The van der Waals surface area contributed by atoms with Crippen molar-refractivity contribution in [3.63, 3.8) is 0 Å². The highest BCUT2D eigenvalue weighted by atomic mass is 19.4. The van der Waals surface area contributed by atoms with Crippen molar-refractivity contribution in [2.45, 2.75) is 38.1 Å². The average Bonchev–Trinajstić information content (AvgIpc) is 3.18. The molecule has 4 fully saturated rings. The van der Waals surface area contributed by atoms with E-state index in [1.165, 1.54) is 6.07 Å². The van der Waals surface area contributed by atoms with Gasteiger partial charge in [-0.05, 0) is 25.0 Å². The van der Waals surface area contributed by atoms with Crippen LogP contribution in [0.2, 0.25) is 0 Å². The molecule has 2 atom stereocenters. The molecule has 4 heterocycles. The number of urea groups is 1. The molecular weight excluding hydrogens is 442 g/mol. The summed E-state index contributed by atoms with van der Waals surface area (Å²) in [5, 5.41) is 0. The minimum Gasteiger partial charge on any atom is -0.370 e. The number of nitrogens with zero attached hydrogens (tertiary/aromatic N) is 3. The van der Waals surface area contributed by atoms with E-state index in [0.29, 0.717) is 51.8 Å². The van der Waals surface area contributed by atoms with Crippen LogP contribution >= 0.6 is 0 Å². The molecule has 0 unspecified atom stereocenters. The number of likely N-dealkylation sites (tertiary alicyclic amines) is 3. The number of ether oxygens (including phenoxy) is 1. The summed E-state index contributed by atoms with van der Waals surface area (Å²) in [6.45, 7) is 4.24. The second kappa shape index (κ2) is 8.23. The molecule has 0 radical (unpaired) electrons. The molecule has 6 nitrogen and oxygen atoms in total. The van der Waals surface area contributed by atoms with Gasteiger partial charge in [-0.1, -0.05) is 6.07 Å². The van der Waals surface area contributed by atoms with E-state index in [-0.39, 0.29) is 48.0 Å². The van der Waals surface area contributed by atoms with Gasteiger partial charge in [-0.3, -0.25) is 9.69 Å². The smallest absolute Gasteiger partial charge is 0.370 e. The van der Waals surface area contributed by atoms with Gasteiger partial charge in [0.2, 0.25) is 0 Å². The molecule has 4 aliphatic rings. The van der Waals surface area contributed by atoms with Crippen LogP contribution in [0.4, 0.5) is 22.4 Å². The maximum atomic E-state index is 14.2. The third kappa shape index (κ3) is 4.47. The Bertz CT molecular complexity index is 947. The molecule has 0 bridgehead atoms. The first kappa shape index (κ1) is 22.6. The summed E-state index contributed by atoms with van der Waals surface area (Å²) in [6, 6.07) is 2.67. The van der Waals surface area contributed by atoms with Crippen molar-refractivity contribution in [2.24, 2.45) is 11.3 Å². The summed E-state index contributed by atoms with van der Waals surface area (Å²) in [5.41, 5.74) is -0.779. The average molecular weight is 469 g/mol. The van der Waals surface area contributed by atoms with Gasteiger partial charge in [0.05, 0.1) is 11.7 Å². The van der Waals surface area contributed by atoms with Gasteiger partial charge in [-0.15, -0.1) is 0 Å². The number of carbonyl (C=O) groups excluding carboxylic acids is 2. The Morgan fingerprint density at radius 3 is 2.67 bits per heavy atom. The Kier molecular flexibility index (Phi) is 5.63. The predicted octanol–water partition coefficient (Wildman–Crippen LogP) is 3.15. The summed E-state index contributed by atoms with van der Waals surface area (Å²) >= 11 is 0. The molecule has 0 saturated carbocycles. The molecular formula is C23H27F4N3O3. The number of rotatable bonds is 2. The highest BCUT2D eigenvalue weighted by Crippen LogP contribution is 2.41. The maximum Gasteiger partial charge on any atom is 0.416 e. The molecule has 0 N–H and O–H groups in total. The number of fused-ring (bicyclic) bond motifs is 1. The minimum atomic E-state index is -4.56. The fourth-order valence-electron chi connectivity index (χ4n) is 5.81. The van der Waals surface area contributed by atoms with E-state index in [4.69, 9.17) is 4.74 Å². The van der Waals surface area contributed by atoms with Crippen molar-refractivity contribution in [1.29, 1.82) is 0 Å². The first-order chi connectivity index (χ1) is 15.6. The number of hydrogen-bond donors (Lipinski definition) is 0. The number of benzene rings is 1. The van der Waals surface area contributed by atoms with Crippen LogP contribution in [0, 0.1) is 17.2 Å². The minimum absolute atomic E-state index is 0.00409. The number of Topliss-reactive ketones (excluding diaryl/α,β-unsaturated/α-hetero) is 1. The van der Waals surface area contributed by atoms with E-state index in [1.54, 1.807) is 0 Å². The molecule has 5 rings (SSSR count). The lowest BCUT2D eigenvalue weighted by molar-refractivity contribution is -0.140. The zero-order valence-corrected chi connectivity index (χ0v) is 18.2. The van der Waals surface area contributed by atoms with Gasteiger partial charge in [0.25, 0.3) is 0 Å². The van der Waals surface area contributed by atoms with E-state index < -0.39 is 17.6 Å². The van der Waals surface area contributed by atoms with E-state index in [9.17, 15) is 27.2 Å². The lowest BCUT2D eigenvalue weighted by Crippen LogP contribution is -2.58. The van der Waals surface area contributed by atoms with Gasteiger partial charge in [-0.25, -0.2) is 9.18 Å². The van der Waals surface area contributed by atoms with Crippen LogP contribution in [0.15, 0.2) is 18.2 Å². The number of piperidine rings is 1. The Morgan fingerprint density at radius 1 is 1.15 bits per heavy atom. The van der Waals surface area contributed by atoms with Crippen LogP contribution in [0.1, 0.15) is 30.4 Å². The standard InChI is InChI=1S/C23H27F4N3O3/c24-19-8-17(23(25,26)27)2-1-15(19)9-28-12-22(13-28)4-6-30(14-22)21(32)29-5-3-20-16(10-29)7-18(31)11-33-20/h1-2,8,16,20H,3-7,9-14H2/t16-,20+/m1/s1. The lowest BCUT2D eigenvalue weighted by Gasteiger charge is -2.48. The van der Waals surface area contributed by atoms with E-state index in [2.05, 4.69) is 0 Å². The van der Waals surface area contributed by atoms with Crippen molar-refractivity contribution in [2.75, 3.05) is 45.9 Å². The molecule has 33 heavy (non-hydrogen) atoms. The highest BCUT2D eigenvalue weighted by molar-refractivity contribution is 5.81. The van der Waals surface area contributed by atoms with Crippen molar-refractivity contribution in [1.82, 2.24) is 14.7 Å². The molecule has 0 aromatic heterocycles. The molecule has 2 amide bonds. The van der Waals surface area contributed by atoms with Crippen molar-refractivity contribution >= 4 is 11.8 Å². The van der Waals surface area contributed by atoms with Gasteiger partial charge in [0.15, 0.2) is 5.78 Å². The van der Waals surface area contributed by atoms with Crippen molar-refractivity contribution in [3.8, 4) is 0 Å². The molecule has 1 aromatic carbocycles. The summed E-state index contributed by atoms with van der Waals surface area (Å²) < 4.78 is 58.0. The molecule has 4 aliphatic heterocycles. The molecule has 1 spiro atoms. The zero-order chi connectivity index (χ0) is 23.4. The highest BCUT2D eigenvalue weighted by Gasteiger charge is 2.49. The first-order valence-electron chi connectivity index (χ1n) is 11.4. The normalized spacial score (nSPS) is 27.6. The Hall–Kier alpha value is -2.20. The van der Waals surface area contributed by atoms with Crippen LogP contribution in [0.3, 0.4) is 0 Å². The summed E-state index contributed by atoms with van der Waals surface area (Å²) in [4.78, 5) is 30.5. The number of carbonyl (C=O) groups is 2. The Morgan fingerprint density at radius 2 is 1.94 bits per heavy atom. The molecule has 10 heteroatoms. The number of hydrogen-bond acceptors (Lipinski definition) is 4. The summed E-state index contributed by atoms with van der Waals surface area (Å²) in [5.74, 6) is -0.689. The number of ketones is 1. The largest absolute Gasteiger partial charge is 0.416 e. The second-order valence-electron chi connectivity index (χ2n) is 9.99. The molecule has 180 valence electrons. The number of alkyl halides is 3.